The van der Waals surface area contributed by atoms with Gasteiger partial charge in [0.05, 0.1) is 12.7 Å². The fourth-order valence-corrected chi connectivity index (χ4v) is 1.87. The maximum absolute atomic E-state index is 9.26. The highest BCUT2D eigenvalue weighted by atomic mass is 16.3. The largest absolute Gasteiger partial charge is 0.393 e. The topological polar surface area (TPSA) is 45.4 Å². The number of aromatic nitrogens is 1. The van der Waals surface area contributed by atoms with Crippen molar-refractivity contribution < 1.29 is 10.2 Å². The molecule has 0 spiro atoms. The molecule has 0 fully saturated rings. The molecule has 2 rings (SSSR count). The van der Waals surface area contributed by atoms with Gasteiger partial charge in [-0.15, -0.1) is 0 Å². The average molecular weight is 219 g/mol. The van der Waals surface area contributed by atoms with Crippen molar-refractivity contribution in [1.29, 1.82) is 0 Å². The number of aryl methyl sites for hydroxylation is 1. The van der Waals surface area contributed by atoms with Gasteiger partial charge in [-0.05, 0) is 42.5 Å². The lowest BCUT2D eigenvalue weighted by atomic mass is 10.2. The number of aliphatic hydroxyl groups excluding tert-OH is 2. The summed E-state index contributed by atoms with van der Waals surface area (Å²) in [6.07, 6.45) is 2.51. The van der Waals surface area contributed by atoms with Gasteiger partial charge in [0.1, 0.15) is 0 Å². The standard InChI is InChI=1S/C13H17NO2/c1-10(16)4-6-14-7-5-12-8-11(9-15)2-3-13(12)14/h2-3,5,7-8,10,15-16H,4,6,9H2,1H3. The van der Waals surface area contributed by atoms with E-state index in [0.717, 1.165) is 29.4 Å². The third-order valence-corrected chi connectivity index (χ3v) is 2.81. The molecule has 2 N–H and O–H groups in total. The first-order valence-electron chi connectivity index (χ1n) is 5.57. The number of aliphatic hydroxyl groups is 2. The first-order chi connectivity index (χ1) is 7.70. The van der Waals surface area contributed by atoms with Gasteiger partial charge < -0.3 is 14.8 Å². The number of hydrogen-bond acceptors (Lipinski definition) is 2. The molecule has 1 aromatic heterocycles. The molecular formula is C13H17NO2. The zero-order chi connectivity index (χ0) is 11.5. The highest BCUT2D eigenvalue weighted by Crippen LogP contribution is 2.18. The van der Waals surface area contributed by atoms with Gasteiger partial charge in [-0.3, -0.25) is 0 Å². The van der Waals surface area contributed by atoms with E-state index in [4.69, 9.17) is 5.11 Å². The summed E-state index contributed by atoms with van der Waals surface area (Å²) < 4.78 is 2.13. The van der Waals surface area contributed by atoms with E-state index in [9.17, 15) is 5.11 Å². The first-order valence-corrected chi connectivity index (χ1v) is 5.57. The summed E-state index contributed by atoms with van der Waals surface area (Å²) in [5, 5.41) is 19.4. The van der Waals surface area contributed by atoms with Gasteiger partial charge in [0, 0.05) is 18.3 Å². The van der Waals surface area contributed by atoms with E-state index in [0.29, 0.717) is 0 Å². The van der Waals surface area contributed by atoms with E-state index in [1.165, 1.54) is 0 Å². The van der Waals surface area contributed by atoms with Crippen LogP contribution in [-0.4, -0.2) is 20.9 Å². The van der Waals surface area contributed by atoms with E-state index in [2.05, 4.69) is 4.57 Å². The molecule has 0 amide bonds. The second-order valence-corrected chi connectivity index (χ2v) is 4.20. The van der Waals surface area contributed by atoms with Crippen LogP contribution in [0, 0.1) is 0 Å². The van der Waals surface area contributed by atoms with E-state index in [-0.39, 0.29) is 12.7 Å². The second kappa shape index (κ2) is 4.68. The molecule has 0 saturated carbocycles. The zero-order valence-electron chi connectivity index (χ0n) is 9.43. The van der Waals surface area contributed by atoms with Crippen LogP contribution in [-0.2, 0) is 13.2 Å². The molecule has 0 bridgehead atoms. The van der Waals surface area contributed by atoms with Gasteiger partial charge in [0.2, 0.25) is 0 Å². The lowest BCUT2D eigenvalue weighted by Crippen LogP contribution is -2.05. The van der Waals surface area contributed by atoms with Crippen molar-refractivity contribution in [2.75, 3.05) is 0 Å². The summed E-state index contributed by atoms with van der Waals surface area (Å²) in [6.45, 7) is 2.70. The summed E-state index contributed by atoms with van der Waals surface area (Å²) in [5.74, 6) is 0. The molecule has 0 aliphatic heterocycles. The molecule has 86 valence electrons. The first kappa shape index (κ1) is 11.2. The van der Waals surface area contributed by atoms with Crippen molar-refractivity contribution in [3.05, 3.63) is 36.0 Å². The van der Waals surface area contributed by atoms with Crippen LogP contribution in [0.25, 0.3) is 10.9 Å². The maximum atomic E-state index is 9.26. The maximum Gasteiger partial charge on any atom is 0.0682 e. The van der Waals surface area contributed by atoms with Gasteiger partial charge in [-0.2, -0.15) is 0 Å². The molecule has 16 heavy (non-hydrogen) atoms. The lowest BCUT2D eigenvalue weighted by molar-refractivity contribution is 0.178. The van der Waals surface area contributed by atoms with Gasteiger partial charge in [0.15, 0.2) is 0 Å². The summed E-state index contributed by atoms with van der Waals surface area (Å²) in [4.78, 5) is 0. The van der Waals surface area contributed by atoms with Crippen LogP contribution in [0.5, 0.6) is 0 Å². The summed E-state index contributed by atoms with van der Waals surface area (Å²) in [5.41, 5.74) is 2.08. The average Bonchev–Trinajstić information content (AvgIpc) is 2.68. The van der Waals surface area contributed by atoms with Crippen molar-refractivity contribution in [1.82, 2.24) is 4.57 Å². The third-order valence-electron chi connectivity index (χ3n) is 2.81. The van der Waals surface area contributed by atoms with Crippen molar-refractivity contribution >= 4 is 10.9 Å². The number of hydrogen-bond donors (Lipinski definition) is 2. The molecule has 0 aliphatic carbocycles. The summed E-state index contributed by atoms with van der Waals surface area (Å²) in [7, 11) is 0. The molecular weight excluding hydrogens is 202 g/mol. The Balaban J connectivity index is 2.27. The zero-order valence-corrected chi connectivity index (χ0v) is 9.43. The van der Waals surface area contributed by atoms with Crippen LogP contribution in [0.1, 0.15) is 18.9 Å². The smallest absolute Gasteiger partial charge is 0.0682 e. The molecule has 0 aliphatic rings. The van der Waals surface area contributed by atoms with Gasteiger partial charge >= 0.3 is 0 Å². The van der Waals surface area contributed by atoms with Crippen LogP contribution in [0.4, 0.5) is 0 Å². The van der Waals surface area contributed by atoms with Gasteiger partial charge in [-0.1, -0.05) is 6.07 Å². The molecule has 1 aromatic carbocycles. The molecule has 1 unspecified atom stereocenters. The minimum atomic E-state index is -0.269. The molecule has 0 saturated heterocycles. The molecule has 1 atom stereocenters. The number of fused-ring (bicyclic) bond motifs is 1. The predicted octanol–water partition coefficient (Wildman–Crippen LogP) is 1.90. The summed E-state index contributed by atoms with van der Waals surface area (Å²) >= 11 is 0. The molecule has 3 nitrogen and oxygen atoms in total. The SMILES string of the molecule is CC(O)CCn1ccc2cc(CO)ccc21. The fourth-order valence-electron chi connectivity index (χ4n) is 1.87. The van der Waals surface area contributed by atoms with Crippen molar-refractivity contribution in [2.45, 2.75) is 32.6 Å². The number of nitrogens with zero attached hydrogens (tertiary/aromatic N) is 1. The summed E-state index contributed by atoms with van der Waals surface area (Å²) in [6, 6.07) is 7.98. The number of rotatable bonds is 4. The van der Waals surface area contributed by atoms with Crippen LogP contribution < -0.4 is 0 Å². The number of benzene rings is 1. The third kappa shape index (κ3) is 2.26. The molecule has 3 heteroatoms. The Morgan fingerprint density at radius 2 is 2.12 bits per heavy atom. The van der Waals surface area contributed by atoms with Gasteiger partial charge in [-0.25, -0.2) is 0 Å². The molecule has 0 radical (unpaired) electrons. The van der Waals surface area contributed by atoms with Crippen LogP contribution in [0.2, 0.25) is 0 Å². The Hall–Kier alpha value is -1.32. The Bertz CT molecular complexity index is 474. The normalized spacial score (nSPS) is 13.2. The van der Waals surface area contributed by atoms with E-state index < -0.39 is 0 Å². The van der Waals surface area contributed by atoms with Crippen LogP contribution in [0.15, 0.2) is 30.5 Å². The fraction of sp³-hybridized carbons (Fsp3) is 0.385. The van der Waals surface area contributed by atoms with Crippen LogP contribution in [0.3, 0.4) is 0 Å². The van der Waals surface area contributed by atoms with E-state index in [1.807, 2.05) is 30.5 Å². The second-order valence-electron chi connectivity index (χ2n) is 4.20. The van der Waals surface area contributed by atoms with Gasteiger partial charge in [0.25, 0.3) is 0 Å². The lowest BCUT2D eigenvalue weighted by Gasteiger charge is -2.07. The highest BCUT2D eigenvalue weighted by molar-refractivity contribution is 5.80. The Morgan fingerprint density at radius 1 is 1.31 bits per heavy atom. The molecule has 1 heterocycles. The van der Waals surface area contributed by atoms with Crippen molar-refractivity contribution in [3.8, 4) is 0 Å². The highest BCUT2D eigenvalue weighted by Gasteiger charge is 2.03. The Kier molecular flexibility index (Phi) is 3.27. The van der Waals surface area contributed by atoms with E-state index >= 15 is 0 Å². The molecule has 2 aromatic rings. The van der Waals surface area contributed by atoms with E-state index in [1.54, 1.807) is 6.92 Å². The Labute approximate surface area is 94.9 Å². The Morgan fingerprint density at radius 3 is 2.81 bits per heavy atom. The quantitative estimate of drug-likeness (QED) is 0.825. The van der Waals surface area contributed by atoms with Crippen molar-refractivity contribution in [2.24, 2.45) is 0 Å². The predicted molar refractivity (Wildman–Crippen MR) is 64.2 cm³/mol. The van der Waals surface area contributed by atoms with Crippen LogP contribution >= 0.6 is 0 Å². The van der Waals surface area contributed by atoms with Crippen molar-refractivity contribution in [3.63, 3.8) is 0 Å². The monoisotopic (exact) mass is 219 g/mol. The minimum Gasteiger partial charge on any atom is -0.393 e. The minimum absolute atomic E-state index is 0.0782.